The normalized spacial score (nSPS) is 10.8. The summed E-state index contributed by atoms with van der Waals surface area (Å²) in [5.41, 5.74) is 0.898. The maximum Gasteiger partial charge on any atom is 0.241 e. The lowest BCUT2D eigenvalue weighted by Gasteiger charge is -2.29. The molecule has 0 atom stereocenters. The molecular weight excluding hydrogens is 252 g/mol. The van der Waals surface area contributed by atoms with E-state index in [1.807, 2.05) is 49.1 Å². The van der Waals surface area contributed by atoms with Crippen LogP contribution in [0.5, 0.6) is 0 Å². The van der Waals surface area contributed by atoms with E-state index in [2.05, 4.69) is 6.58 Å². The van der Waals surface area contributed by atoms with Gasteiger partial charge in [-0.05, 0) is 26.0 Å². The van der Waals surface area contributed by atoms with Crippen LogP contribution in [-0.4, -0.2) is 48.2 Å². The van der Waals surface area contributed by atoms with Gasteiger partial charge in [0.15, 0.2) is 0 Å². The number of hydrogen-bond donors (Lipinski definition) is 1. The van der Waals surface area contributed by atoms with Crippen LogP contribution in [0, 0.1) is 0 Å². The second-order valence-electron chi connectivity index (χ2n) is 4.94. The van der Waals surface area contributed by atoms with Crippen molar-refractivity contribution in [3.05, 3.63) is 43.0 Å². The zero-order valence-corrected chi connectivity index (χ0v) is 12.3. The van der Waals surface area contributed by atoms with Crippen LogP contribution in [0.2, 0.25) is 0 Å². The molecule has 1 N–H and O–H groups in total. The Hall–Kier alpha value is -1.65. The summed E-state index contributed by atoms with van der Waals surface area (Å²) in [4.78, 5) is 16.2. The molecule has 0 bridgehead atoms. The van der Waals surface area contributed by atoms with Gasteiger partial charge in [-0.3, -0.25) is 9.69 Å². The monoisotopic (exact) mass is 276 g/mol. The van der Waals surface area contributed by atoms with Gasteiger partial charge in [0, 0.05) is 24.8 Å². The highest BCUT2D eigenvalue weighted by molar-refractivity contribution is 5.95. The summed E-state index contributed by atoms with van der Waals surface area (Å²) in [6.07, 6.45) is 1.74. The SMILES string of the molecule is C=CCN(CCO)CC(=O)N(c1ccccc1)C(C)C. The number of nitrogens with zero attached hydrogens (tertiary/aromatic N) is 2. The zero-order chi connectivity index (χ0) is 15.0. The fourth-order valence-electron chi connectivity index (χ4n) is 2.15. The number of carbonyl (C=O) groups is 1. The van der Waals surface area contributed by atoms with Gasteiger partial charge in [0.25, 0.3) is 0 Å². The highest BCUT2D eigenvalue weighted by Gasteiger charge is 2.20. The zero-order valence-electron chi connectivity index (χ0n) is 12.3. The number of anilines is 1. The van der Waals surface area contributed by atoms with Crippen molar-refractivity contribution in [3.63, 3.8) is 0 Å². The van der Waals surface area contributed by atoms with Crippen LogP contribution in [0.15, 0.2) is 43.0 Å². The molecule has 1 aromatic carbocycles. The first kappa shape index (κ1) is 16.4. The molecule has 20 heavy (non-hydrogen) atoms. The van der Waals surface area contributed by atoms with Crippen molar-refractivity contribution >= 4 is 11.6 Å². The lowest BCUT2D eigenvalue weighted by molar-refractivity contribution is -0.120. The van der Waals surface area contributed by atoms with Gasteiger partial charge in [-0.2, -0.15) is 0 Å². The summed E-state index contributed by atoms with van der Waals surface area (Å²) in [5.74, 6) is 0.0292. The first-order valence-electron chi connectivity index (χ1n) is 6.91. The minimum absolute atomic E-state index is 0.0292. The number of para-hydroxylation sites is 1. The molecule has 0 heterocycles. The fourth-order valence-corrected chi connectivity index (χ4v) is 2.15. The minimum atomic E-state index is 0.0292. The smallest absolute Gasteiger partial charge is 0.241 e. The quantitative estimate of drug-likeness (QED) is 0.738. The Morgan fingerprint density at radius 2 is 2.00 bits per heavy atom. The van der Waals surface area contributed by atoms with Crippen LogP contribution in [0.25, 0.3) is 0 Å². The molecule has 4 nitrogen and oxygen atoms in total. The van der Waals surface area contributed by atoms with Gasteiger partial charge >= 0.3 is 0 Å². The highest BCUT2D eigenvalue weighted by atomic mass is 16.3. The summed E-state index contributed by atoms with van der Waals surface area (Å²) < 4.78 is 0. The van der Waals surface area contributed by atoms with Gasteiger partial charge in [-0.1, -0.05) is 24.3 Å². The molecular formula is C16H24N2O2. The largest absolute Gasteiger partial charge is 0.395 e. The van der Waals surface area contributed by atoms with Crippen molar-refractivity contribution in [1.82, 2.24) is 4.90 Å². The van der Waals surface area contributed by atoms with Crippen LogP contribution in [0.1, 0.15) is 13.8 Å². The molecule has 0 aromatic heterocycles. The number of amides is 1. The molecule has 0 spiro atoms. The summed E-state index contributed by atoms with van der Waals surface area (Å²) in [6.45, 7) is 9.04. The van der Waals surface area contributed by atoms with E-state index >= 15 is 0 Å². The van der Waals surface area contributed by atoms with Gasteiger partial charge in [-0.15, -0.1) is 6.58 Å². The molecule has 0 saturated heterocycles. The number of hydrogen-bond acceptors (Lipinski definition) is 3. The number of carbonyl (C=O) groups excluding carboxylic acids is 1. The van der Waals surface area contributed by atoms with E-state index in [0.717, 1.165) is 5.69 Å². The summed E-state index contributed by atoms with van der Waals surface area (Å²) >= 11 is 0. The molecule has 1 rings (SSSR count). The van der Waals surface area contributed by atoms with E-state index in [4.69, 9.17) is 5.11 Å². The third-order valence-electron chi connectivity index (χ3n) is 2.98. The topological polar surface area (TPSA) is 43.8 Å². The number of aliphatic hydroxyl groups is 1. The summed E-state index contributed by atoms with van der Waals surface area (Å²) in [7, 11) is 0. The van der Waals surface area contributed by atoms with Crippen LogP contribution in [-0.2, 0) is 4.79 Å². The lowest BCUT2D eigenvalue weighted by atomic mass is 10.2. The van der Waals surface area contributed by atoms with Gasteiger partial charge in [0.2, 0.25) is 5.91 Å². The van der Waals surface area contributed by atoms with Crippen molar-refractivity contribution in [2.75, 3.05) is 31.1 Å². The van der Waals surface area contributed by atoms with Gasteiger partial charge < -0.3 is 10.0 Å². The van der Waals surface area contributed by atoms with Gasteiger partial charge in [0.1, 0.15) is 0 Å². The lowest BCUT2D eigenvalue weighted by Crippen LogP contribution is -2.44. The van der Waals surface area contributed by atoms with E-state index < -0.39 is 0 Å². The van der Waals surface area contributed by atoms with Gasteiger partial charge in [-0.25, -0.2) is 0 Å². The standard InChI is InChI=1S/C16H24N2O2/c1-4-10-17(11-12-19)13-16(20)18(14(2)3)15-8-6-5-7-9-15/h4-9,14,19H,1,10-13H2,2-3H3. The summed E-state index contributed by atoms with van der Waals surface area (Å²) in [5, 5.41) is 9.04. The molecule has 0 aliphatic heterocycles. The van der Waals surface area contributed by atoms with E-state index in [9.17, 15) is 4.79 Å². The predicted octanol–water partition coefficient (Wildman–Crippen LogP) is 1.91. The number of rotatable bonds is 8. The Kier molecular flexibility index (Phi) is 6.98. The van der Waals surface area contributed by atoms with E-state index in [1.165, 1.54) is 0 Å². The van der Waals surface area contributed by atoms with Crippen LogP contribution in [0.4, 0.5) is 5.69 Å². The fraction of sp³-hybridized carbons (Fsp3) is 0.438. The maximum absolute atomic E-state index is 12.5. The average molecular weight is 276 g/mol. The molecule has 0 radical (unpaired) electrons. The molecule has 0 saturated carbocycles. The Bertz CT molecular complexity index is 418. The number of benzene rings is 1. The van der Waals surface area contributed by atoms with Crippen molar-refractivity contribution in [1.29, 1.82) is 0 Å². The highest BCUT2D eigenvalue weighted by Crippen LogP contribution is 2.16. The van der Waals surface area contributed by atoms with Crippen molar-refractivity contribution in [2.24, 2.45) is 0 Å². The minimum Gasteiger partial charge on any atom is -0.395 e. The molecule has 0 unspecified atom stereocenters. The molecule has 0 aliphatic carbocycles. The Morgan fingerprint density at radius 3 is 2.50 bits per heavy atom. The van der Waals surface area contributed by atoms with Crippen molar-refractivity contribution < 1.29 is 9.90 Å². The van der Waals surface area contributed by atoms with E-state index in [-0.39, 0.29) is 25.1 Å². The average Bonchev–Trinajstić information content (AvgIpc) is 2.40. The molecule has 1 aromatic rings. The first-order chi connectivity index (χ1) is 9.60. The van der Waals surface area contributed by atoms with Crippen LogP contribution in [0.3, 0.4) is 0 Å². The third kappa shape index (κ3) is 4.79. The Morgan fingerprint density at radius 1 is 1.35 bits per heavy atom. The Balaban J connectivity index is 2.81. The van der Waals surface area contributed by atoms with E-state index in [0.29, 0.717) is 13.1 Å². The summed E-state index contributed by atoms with van der Waals surface area (Å²) in [6, 6.07) is 9.73. The molecule has 110 valence electrons. The second kappa shape index (κ2) is 8.51. The van der Waals surface area contributed by atoms with Crippen molar-refractivity contribution in [2.45, 2.75) is 19.9 Å². The maximum atomic E-state index is 12.5. The molecule has 0 fully saturated rings. The first-order valence-corrected chi connectivity index (χ1v) is 6.91. The van der Waals surface area contributed by atoms with Gasteiger partial charge in [0.05, 0.1) is 13.2 Å². The second-order valence-corrected chi connectivity index (χ2v) is 4.94. The van der Waals surface area contributed by atoms with E-state index in [1.54, 1.807) is 11.0 Å². The molecule has 4 heteroatoms. The van der Waals surface area contributed by atoms with Crippen LogP contribution < -0.4 is 4.90 Å². The molecule has 0 aliphatic rings. The molecule has 1 amide bonds. The predicted molar refractivity (Wildman–Crippen MR) is 82.8 cm³/mol. The van der Waals surface area contributed by atoms with Crippen LogP contribution >= 0.6 is 0 Å². The van der Waals surface area contributed by atoms with Crippen molar-refractivity contribution in [3.8, 4) is 0 Å². The Labute approximate surface area is 121 Å². The third-order valence-corrected chi connectivity index (χ3v) is 2.98. The number of aliphatic hydroxyl groups excluding tert-OH is 1.